The minimum atomic E-state index is -1.17. The highest BCUT2D eigenvalue weighted by Gasteiger charge is 2.45. The molecule has 0 radical (unpaired) electrons. The monoisotopic (exact) mass is 610 g/mol. The SMILES string of the molecule is CN1CCCCC1C(=O)N1CCN(C2C(F)CNCC2NC(=O)C(C(N)N)C2CC3(CCCCC3)CCC(F)CN2)CC1. The Bertz CT molecular complexity index is 929. The van der Waals surface area contributed by atoms with Gasteiger partial charge in [0.15, 0.2) is 0 Å². The number of amides is 2. The Labute approximate surface area is 256 Å². The maximum Gasteiger partial charge on any atom is 0.240 e. The lowest BCUT2D eigenvalue weighted by molar-refractivity contribution is -0.140. The fourth-order valence-electron chi connectivity index (χ4n) is 8.73. The summed E-state index contributed by atoms with van der Waals surface area (Å²) in [7, 11) is 2.02. The van der Waals surface area contributed by atoms with Crippen molar-refractivity contribution in [1.29, 1.82) is 0 Å². The number of likely N-dealkylation sites (tertiary alicyclic amines) is 1. The van der Waals surface area contributed by atoms with Crippen molar-refractivity contribution in [3.63, 3.8) is 0 Å². The second-order valence-corrected chi connectivity index (χ2v) is 14.2. The maximum absolute atomic E-state index is 15.6. The summed E-state index contributed by atoms with van der Waals surface area (Å²) in [5.41, 5.74) is 12.6. The van der Waals surface area contributed by atoms with E-state index >= 15 is 4.39 Å². The minimum absolute atomic E-state index is 0.00337. The number of hydrogen-bond donors (Lipinski definition) is 5. The van der Waals surface area contributed by atoms with Crippen molar-refractivity contribution in [2.24, 2.45) is 22.8 Å². The maximum atomic E-state index is 15.6. The number of hydrogen-bond acceptors (Lipinski definition) is 8. The highest BCUT2D eigenvalue weighted by atomic mass is 19.1. The van der Waals surface area contributed by atoms with Gasteiger partial charge in [-0.3, -0.25) is 19.4 Å². The van der Waals surface area contributed by atoms with Crippen LogP contribution in [-0.2, 0) is 9.59 Å². The van der Waals surface area contributed by atoms with E-state index in [1.165, 1.54) is 6.42 Å². The Hall–Kier alpha value is -1.44. The van der Waals surface area contributed by atoms with Crippen LogP contribution in [0.5, 0.6) is 0 Å². The zero-order chi connectivity index (χ0) is 30.6. The van der Waals surface area contributed by atoms with E-state index < -0.39 is 36.5 Å². The fraction of sp³-hybridized carbons (Fsp3) is 0.935. The smallest absolute Gasteiger partial charge is 0.240 e. The van der Waals surface area contributed by atoms with E-state index in [0.717, 1.165) is 64.3 Å². The van der Waals surface area contributed by atoms with E-state index in [-0.39, 0.29) is 42.4 Å². The molecule has 0 aromatic heterocycles. The number of nitrogens with zero attached hydrogens (tertiary/aromatic N) is 3. The van der Waals surface area contributed by atoms with Gasteiger partial charge in [-0.15, -0.1) is 0 Å². The van der Waals surface area contributed by atoms with Gasteiger partial charge in [-0.25, -0.2) is 8.78 Å². The summed E-state index contributed by atoms with van der Waals surface area (Å²) in [5, 5.41) is 9.61. The molecule has 12 heteroatoms. The number of halogens is 2. The molecule has 4 saturated heterocycles. The van der Waals surface area contributed by atoms with Gasteiger partial charge in [0, 0.05) is 51.9 Å². The Morgan fingerprint density at radius 2 is 1.65 bits per heavy atom. The van der Waals surface area contributed by atoms with Crippen molar-refractivity contribution in [2.75, 3.05) is 59.4 Å². The number of rotatable bonds is 6. The van der Waals surface area contributed by atoms with Gasteiger partial charge in [0.2, 0.25) is 11.8 Å². The molecule has 10 nitrogen and oxygen atoms in total. The minimum Gasteiger partial charge on any atom is -0.350 e. The molecule has 1 aliphatic carbocycles. The molecule has 246 valence electrons. The summed E-state index contributed by atoms with van der Waals surface area (Å²) in [5.74, 6) is -0.882. The van der Waals surface area contributed by atoms with Crippen LogP contribution in [0, 0.1) is 11.3 Å². The summed E-state index contributed by atoms with van der Waals surface area (Å²) in [6.07, 6.45) is 7.63. The van der Waals surface area contributed by atoms with Crippen LogP contribution in [0.2, 0.25) is 0 Å². The Morgan fingerprint density at radius 3 is 2.35 bits per heavy atom. The van der Waals surface area contributed by atoms with Crippen LogP contribution in [0.1, 0.15) is 70.6 Å². The molecule has 4 heterocycles. The molecule has 5 rings (SSSR count). The number of piperidine rings is 2. The summed E-state index contributed by atoms with van der Waals surface area (Å²) >= 11 is 0. The zero-order valence-electron chi connectivity index (χ0n) is 26.1. The molecule has 0 aromatic carbocycles. The molecule has 7 unspecified atom stereocenters. The first-order valence-electron chi connectivity index (χ1n) is 16.9. The predicted molar refractivity (Wildman–Crippen MR) is 164 cm³/mol. The predicted octanol–water partition coefficient (Wildman–Crippen LogP) is 0.700. The van der Waals surface area contributed by atoms with Crippen molar-refractivity contribution in [2.45, 2.75) is 113 Å². The highest BCUT2D eigenvalue weighted by Crippen LogP contribution is 2.46. The second kappa shape index (κ2) is 14.8. The first kappa shape index (κ1) is 32.9. The molecule has 5 aliphatic rings. The van der Waals surface area contributed by atoms with E-state index in [1.807, 2.05) is 11.9 Å². The molecule has 4 aliphatic heterocycles. The lowest BCUT2D eigenvalue weighted by Gasteiger charge is -2.47. The number of nitrogens with two attached hydrogens (primary N) is 2. The third-order valence-electron chi connectivity index (χ3n) is 11.2. The van der Waals surface area contributed by atoms with Crippen LogP contribution in [0.4, 0.5) is 8.78 Å². The van der Waals surface area contributed by atoms with Crippen LogP contribution >= 0.6 is 0 Å². The van der Waals surface area contributed by atoms with E-state index in [0.29, 0.717) is 39.1 Å². The molecule has 7 N–H and O–H groups in total. The van der Waals surface area contributed by atoms with Crippen molar-refractivity contribution >= 4 is 11.8 Å². The normalized spacial score (nSPS) is 35.7. The van der Waals surface area contributed by atoms with Crippen LogP contribution in [-0.4, -0.2) is 129 Å². The molecular formula is C31H56F2N8O2. The fourth-order valence-corrected chi connectivity index (χ4v) is 8.73. The van der Waals surface area contributed by atoms with Crippen LogP contribution in [0.25, 0.3) is 0 Å². The van der Waals surface area contributed by atoms with E-state index in [2.05, 4.69) is 25.8 Å². The summed E-state index contributed by atoms with van der Waals surface area (Å²) in [4.78, 5) is 33.4. The third kappa shape index (κ3) is 7.87. The van der Waals surface area contributed by atoms with Gasteiger partial charge in [0.1, 0.15) is 12.3 Å². The second-order valence-electron chi connectivity index (χ2n) is 14.2. The van der Waals surface area contributed by atoms with Crippen molar-refractivity contribution in [3.8, 4) is 0 Å². The number of likely N-dealkylation sites (N-methyl/N-ethyl adjacent to an activating group) is 1. The Balaban J connectivity index is 1.24. The van der Waals surface area contributed by atoms with Gasteiger partial charge in [0.25, 0.3) is 0 Å². The van der Waals surface area contributed by atoms with Crippen LogP contribution < -0.4 is 27.4 Å². The number of piperazine rings is 1. The average Bonchev–Trinajstić information content (AvgIpc) is 2.99. The number of nitrogens with one attached hydrogen (secondary N) is 3. The quantitative estimate of drug-likeness (QED) is 0.278. The molecule has 2 amide bonds. The Kier molecular flexibility index (Phi) is 11.3. The molecule has 43 heavy (non-hydrogen) atoms. The first-order valence-corrected chi connectivity index (χ1v) is 16.9. The van der Waals surface area contributed by atoms with Gasteiger partial charge < -0.3 is 32.3 Å². The molecular weight excluding hydrogens is 554 g/mol. The van der Waals surface area contributed by atoms with Crippen molar-refractivity contribution < 1.29 is 18.4 Å². The van der Waals surface area contributed by atoms with E-state index in [9.17, 15) is 14.0 Å². The van der Waals surface area contributed by atoms with E-state index in [1.54, 1.807) is 0 Å². The van der Waals surface area contributed by atoms with Gasteiger partial charge >= 0.3 is 0 Å². The lowest BCUT2D eigenvalue weighted by Crippen LogP contribution is -2.69. The van der Waals surface area contributed by atoms with Crippen LogP contribution in [0.15, 0.2) is 0 Å². The lowest BCUT2D eigenvalue weighted by atomic mass is 9.65. The molecule has 1 saturated carbocycles. The Morgan fingerprint density at radius 1 is 0.907 bits per heavy atom. The molecule has 1 spiro atoms. The molecule has 0 bridgehead atoms. The summed E-state index contributed by atoms with van der Waals surface area (Å²) in [6.45, 7) is 3.99. The standard InChI is InChI=1S/C31H56F2N8O2/c1-39-12-6-3-7-25(39)30(43)41-15-13-40(14-16-41)27-22(33)19-36-20-24(27)38-29(42)26(28(34)35)23-17-31(9-4-2-5-10-31)11-8-21(32)18-37-23/h21-28,36-37H,2-20,34-35H2,1H3,(H,38,42). The van der Waals surface area contributed by atoms with Gasteiger partial charge in [-0.1, -0.05) is 25.7 Å². The van der Waals surface area contributed by atoms with Crippen molar-refractivity contribution in [1.82, 2.24) is 30.7 Å². The number of carbonyl (C=O) groups excluding carboxylic acids is 2. The highest BCUT2D eigenvalue weighted by molar-refractivity contribution is 5.82. The largest absolute Gasteiger partial charge is 0.350 e. The van der Waals surface area contributed by atoms with Crippen molar-refractivity contribution in [3.05, 3.63) is 0 Å². The average molecular weight is 611 g/mol. The summed E-state index contributed by atoms with van der Waals surface area (Å²) < 4.78 is 30.3. The van der Waals surface area contributed by atoms with Crippen LogP contribution in [0.3, 0.4) is 0 Å². The topological polar surface area (TPSA) is 132 Å². The van der Waals surface area contributed by atoms with Gasteiger partial charge in [-0.2, -0.15) is 0 Å². The van der Waals surface area contributed by atoms with Gasteiger partial charge in [0.05, 0.1) is 30.2 Å². The first-order chi connectivity index (χ1) is 20.7. The van der Waals surface area contributed by atoms with E-state index in [4.69, 9.17) is 11.5 Å². The number of carbonyl (C=O) groups is 2. The third-order valence-corrected chi connectivity index (χ3v) is 11.2. The number of alkyl halides is 2. The molecule has 0 aromatic rings. The zero-order valence-corrected chi connectivity index (χ0v) is 26.1. The molecule has 7 atom stereocenters. The summed E-state index contributed by atoms with van der Waals surface area (Å²) in [6, 6.07) is -1.41. The van der Waals surface area contributed by atoms with Gasteiger partial charge in [-0.05, 0) is 64.0 Å². The molecule has 5 fully saturated rings.